The highest BCUT2D eigenvalue weighted by molar-refractivity contribution is 9.11. The smallest absolute Gasteiger partial charge is 0.508 e. The molecule has 0 fully saturated rings. The molecule has 0 aromatic heterocycles. The Bertz CT molecular complexity index is 1090. The molecule has 0 bridgehead atoms. The predicted molar refractivity (Wildman–Crippen MR) is 148 cm³/mol. The van der Waals surface area contributed by atoms with E-state index in [2.05, 4.69) is 63.7 Å². The highest BCUT2D eigenvalue weighted by Crippen LogP contribution is 2.50. The first-order valence-corrected chi connectivity index (χ1v) is 14.2. The first-order valence-electron chi connectivity index (χ1n) is 9.61. The molecule has 4 aromatic carbocycles. The van der Waals surface area contributed by atoms with Crippen LogP contribution < -0.4 is 13.6 Å². The lowest BCUT2D eigenvalue weighted by Crippen LogP contribution is -2.07. The van der Waals surface area contributed by atoms with E-state index in [4.69, 9.17) is 18.7 Å². The molecule has 0 radical (unpaired) electrons. The number of phenolic OH excluding ortho intramolecular Hbond substituents is 1. The molecule has 0 aliphatic carbocycles. The van der Waals surface area contributed by atoms with Crippen LogP contribution in [0.4, 0.5) is 0 Å². The monoisotopic (exact) mass is 732 g/mol. The van der Waals surface area contributed by atoms with Crippen molar-refractivity contribution >= 4 is 71.5 Å². The van der Waals surface area contributed by atoms with E-state index in [1.165, 1.54) is 0 Å². The van der Waals surface area contributed by atoms with Crippen molar-refractivity contribution in [3.63, 3.8) is 0 Å². The van der Waals surface area contributed by atoms with Gasteiger partial charge in [0, 0.05) is 17.9 Å². The van der Waals surface area contributed by atoms with Gasteiger partial charge in [0.15, 0.2) is 0 Å². The summed E-state index contributed by atoms with van der Waals surface area (Å²) < 4.78 is 33.7. The second-order valence-electron chi connectivity index (χ2n) is 6.56. The zero-order valence-electron chi connectivity index (χ0n) is 17.3. The Morgan fingerprint density at radius 3 is 0.941 bits per heavy atom. The molecule has 0 spiro atoms. The standard InChI is InChI=1S/C18H12Br3O4P.C6H5BrO/c19-13-1-7-16(8-2-13)23-26(22,24-17-9-3-14(20)4-10-17)25-18-11-5-15(21)6-12-18;7-5-1-3-6(8)4-2-5/h1-12H;1-4,8H. The molecule has 0 saturated carbocycles. The van der Waals surface area contributed by atoms with Crippen LogP contribution in [0.3, 0.4) is 0 Å². The van der Waals surface area contributed by atoms with Gasteiger partial charge in [-0.05, 0) is 97.1 Å². The van der Waals surface area contributed by atoms with E-state index < -0.39 is 7.82 Å². The second-order valence-corrected chi connectivity index (χ2v) is 11.7. The number of hydrogen-bond acceptors (Lipinski definition) is 5. The van der Waals surface area contributed by atoms with Crippen LogP contribution >= 0.6 is 71.5 Å². The molecule has 176 valence electrons. The minimum absolute atomic E-state index is 0.299. The summed E-state index contributed by atoms with van der Waals surface area (Å²) in [4.78, 5) is 0. The van der Waals surface area contributed by atoms with E-state index >= 15 is 0 Å². The molecule has 0 aliphatic heterocycles. The number of benzene rings is 4. The van der Waals surface area contributed by atoms with Crippen LogP contribution in [0.25, 0.3) is 0 Å². The minimum atomic E-state index is -3.98. The summed E-state index contributed by atoms with van der Waals surface area (Å²) in [7, 11) is -3.98. The second kappa shape index (κ2) is 12.8. The molecule has 5 nitrogen and oxygen atoms in total. The molecule has 10 heteroatoms. The van der Waals surface area contributed by atoms with Gasteiger partial charge in [0.05, 0.1) is 0 Å². The fourth-order valence-corrected chi connectivity index (χ4v) is 4.68. The van der Waals surface area contributed by atoms with Crippen LogP contribution in [0.15, 0.2) is 115 Å². The number of hydrogen-bond donors (Lipinski definition) is 1. The minimum Gasteiger partial charge on any atom is -0.508 e. The normalized spacial score (nSPS) is 10.6. The van der Waals surface area contributed by atoms with Crippen molar-refractivity contribution in [3.8, 4) is 23.0 Å². The zero-order valence-corrected chi connectivity index (χ0v) is 24.5. The van der Waals surface area contributed by atoms with Gasteiger partial charge in [0.25, 0.3) is 0 Å². The summed E-state index contributed by atoms with van der Waals surface area (Å²) in [6.07, 6.45) is 0. The lowest BCUT2D eigenvalue weighted by atomic mass is 10.3. The molecule has 4 rings (SSSR count). The van der Waals surface area contributed by atoms with Crippen molar-refractivity contribution in [2.24, 2.45) is 0 Å². The Kier molecular flexibility index (Phi) is 10.1. The lowest BCUT2D eigenvalue weighted by molar-refractivity contribution is 0.298. The van der Waals surface area contributed by atoms with Crippen LogP contribution in [0.2, 0.25) is 0 Å². The molecule has 34 heavy (non-hydrogen) atoms. The third-order valence-electron chi connectivity index (χ3n) is 3.92. The summed E-state index contributed by atoms with van der Waals surface area (Å²) in [6, 6.07) is 27.5. The van der Waals surface area contributed by atoms with Gasteiger partial charge in [-0.2, -0.15) is 4.57 Å². The van der Waals surface area contributed by atoms with Crippen LogP contribution in [-0.4, -0.2) is 5.11 Å². The van der Waals surface area contributed by atoms with Crippen LogP contribution in [-0.2, 0) is 4.57 Å². The largest absolute Gasteiger partial charge is 0.647 e. The average molecular weight is 736 g/mol. The van der Waals surface area contributed by atoms with E-state index in [0.29, 0.717) is 23.0 Å². The Morgan fingerprint density at radius 2 is 0.706 bits per heavy atom. The molecule has 0 atom stereocenters. The SMILES string of the molecule is O=P(Oc1ccc(Br)cc1)(Oc1ccc(Br)cc1)Oc1ccc(Br)cc1.Oc1ccc(Br)cc1. The van der Waals surface area contributed by atoms with Gasteiger partial charge >= 0.3 is 7.82 Å². The zero-order chi connectivity index (χ0) is 24.6. The summed E-state index contributed by atoms with van der Waals surface area (Å²) >= 11 is 13.3. The first-order chi connectivity index (χ1) is 16.2. The maximum atomic E-state index is 13.3. The topological polar surface area (TPSA) is 65.0 Å². The van der Waals surface area contributed by atoms with Crippen LogP contribution in [0.1, 0.15) is 0 Å². The molecule has 0 saturated heterocycles. The highest BCUT2D eigenvalue weighted by Gasteiger charge is 2.33. The maximum absolute atomic E-state index is 13.3. The fraction of sp³-hybridized carbons (Fsp3) is 0. The van der Waals surface area contributed by atoms with Crippen molar-refractivity contribution in [3.05, 3.63) is 115 Å². The third-order valence-corrected chi connectivity index (χ3v) is 7.34. The summed E-state index contributed by atoms with van der Waals surface area (Å²) in [6.45, 7) is 0. The number of halogens is 4. The van der Waals surface area contributed by atoms with Gasteiger partial charge < -0.3 is 18.7 Å². The molecule has 0 amide bonds. The Labute approximate surface area is 231 Å². The summed E-state index contributed by atoms with van der Waals surface area (Å²) in [5.74, 6) is 1.40. The van der Waals surface area contributed by atoms with Gasteiger partial charge in [-0.25, -0.2) is 0 Å². The van der Waals surface area contributed by atoms with Crippen LogP contribution in [0.5, 0.6) is 23.0 Å². The predicted octanol–water partition coefficient (Wildman–Crippen LogP) is 9.77. The van der Waals surface area contributed by atoms with E-state index in [1.54, 1.807) is 97.1 Å². The molecular weight excluding hydrogens is 719 g/mol. The number of phosphoric acid groups is 1. The van der Waals surface area contributed by atoms with Gasteiger partial charge in [-0.1, -0.05) is 63.7 Å². The average Bonchev–Trinajstić information content (AvgIpc) is 2.81. The van der Waals surface area contributed by atoms with E-state index in [-0.39, 0.29) is 0 Å². The van der Waals surface area contributed by atoms with Crippen LogP contribution in [0, 0.1) is 0 Å². The molecule has 0 heterocycles. The van der Waals surface area contributed by atoms with Crippen molar-refractivity contribution in [1.82, 2.24) is 0 Å². The first kappa shape index (κ1) is 26.8. The highest BCUT2D eigenvalue weighted by atomic mass is 79.9. The molecule has 0 aliphatic rings. The Morgan fingerprint density at radius 1 is 0.471 bits per heavy atom. The summed E-state index contributed by atoms with van der Waals surface area (Å²) in [5.41, 5.74) is 0. The molecular formula is C24H17Br4O5P. The number of rotatable bonds is 6. The van der Waals surface area contributed by atoms with E-state index in [9.17, 15) is 4.57 Å². The fourth-order valence-electron chi connectivity index (χ4n) is 2.37. The lowest BCUT2D eigenvalue weighted by Gasteiger charge is -2.19. The Balaban J connectivity index is 0.000000343. The van der Waals surface area contributed by atoms with Gasteiger partial charge in [-0.15, -0.1) is 0 Å². The number of aromatic hydroxyl groups is 1. The van der Waals surface area contributed by atoms with Gasteiger partial charge in [0.2, 0.25) is 0 Å². The van der Waals surface area contributed by atoms with Crippen molar-refractivity contribution < 1.29 is 23.2 Å². The number of phosphoric ester groups is 1. The quantitative estimate of drug-likeness (QED) is 0.200. The van der Waals surface area contributed by atoms with Crippen molar-refractivity contribution in [1.29, 1.82) is 0 Å². The summed E-state index contributed by atoms with van der Waals surface area (Å²) in [5, 5.41) is 8.74. The van der Waals surface area contributed by atoms with Crippen molar-refractivity contribution in [2.45, 2.75) is 0 Å². The third kappa shape index (κ3) is 9.12. The number of phenols is 1. The molecule has 4 aromatic rings. The maximum Gasteiger partial charge on any atom is 0.647 e. The van der Waals surface area contributed by atoms with Gasteiger partial charge in [0.1, 0.15) is 23.0 Å². The Hall–Kier alpha value is -1.77. The van der Waals surface area contributed by atoms with E-state index in [0.717, 1.165) is 17.9 Å². The molecule has 1 N–H and O–H groups in total. The molecule has 0 unspecified atom stereocenters. The van der Waals surface area contributed by atoms with Gasteiger partial charge in [-0.3, -0.25) is 0 Å². The van der Waals surface area contributed by atoms with Crippen molar-refractivity contribution in [2.75, 3.05) is 0 Å². The van der Waals surface area contributed by atoms with E-state index in [1.807, 2.05) is 0 Å².